The Bertz CT molecular complexity index is 919. The van der Waals surface area contributed by atoms with E-state index in [0.717, 1.165) is 48.3 Å². The van der Waals surface area contributed by atoms with Crippen LogP contribution in [-0.2, 0) is 6.54 Å². The first-order chi connectivity index (χ1) is 13.9. The van der Waals surface area contributed by atoms with Gasteiger partial charge in [0, 0.05) is 27.3 Å². The summed E-state index contributed by atoms with van der Waals surface area (Å²) in [5.74, 6) is 2.96. The van der Waals surface area contributed by atoms with Crippen LogP contribution in [0.1, 0.15) is 49.8 Å². The molecule has 4 bridgehead atoms. The van der Waals surface area contributed by atoms with E-state index in [1.165, 1.54) is 19.3 Å². The minimum atomic E-state index is -0.138. The molecule has 29 heavy (non-hydrogen) atoms. The van der Waals surface area contributed by atoms with Crippen molar-refractivity contribution in [1.29, 1.82) is 0 Å². The maximum atomic E-state index is 12.8. The van der Waals surface area contributed by atoms with E-state index < -0.39 is 0 Å². The molecule has 4 fully saturated rings. The highest BCUT2D eigenvalue weighted by Crippen LogP contribution is 2.55. The van der Waals surface area contributed by atoms with E-state index in [1.807, 2.05) is 29.8 Å². The number of halogens is 2. The highest BCUT2D eigenvalue weighted by atomic mass is 35.5. The van der Waals surface area contributed by atoms with Gasteiger partial charge in [0.2, 0.25) is 0 Å². The number of anilines is 1. The molecule has 2 aromatic rings. The van der Waals surface area contributed by atoms with E-state index in [9.17, 15) is 4.79 Å². The fraction of sp³-hybridized carbons (Fsp3) is 0.545. The van der Waals surface area contributed by atoms with Gasteiger partial charge in [-0.2, -0.15) is 5.10 Å². The monoisotopic (exact) mass is 432 g/mol. The minimum Gasteiger partial charge on any atom is -0.332 e. The Morgan fingerprint density at radius 3 is 2.41 bits per heavy atom. The Morgan fingerprint density at radius 2 is 1.79 bits per heavy atom. The first-order valence-corrected chi connectivity index (χ1v) is 11.2. The quantitative estimate of drug-likeness (QED) is 0.656. The molecular formula is C22H26Cl2N4O. The predicted molar refractivity (Wildman–Crippen MR) is 116 cm³/mol. The van der Waals surface area contributed by atoms with Crippen molar-refractivity contribution in [1.82, 2.24) is 15.1 Å². The van der Waals surface area contributed by atoms with E-state index >= 15 is 0 Å². The molecule has 2 N–H and O–H groups in total. The third-order valence-corrected chi connectivity index (χ3v) is 7.56. The Morgan fingerprint density at radius 1 is 1.14 bits per heavy atom. The number of carbonyl (C=O) groups is 1. The van der Waals surface area contributed by atoms with Crippen LogP contribution in [0, 0.1) is 24.7 Å². The molecule has 1 heterocycles. The van der Waals surface area contributed by atoms with Crippen molar-refractivity contribution in [2.75, 3.05) is 5.32 Å². The van der Waals surface area contributed by atoms with Crippen LogP contribution in [0.25, 0.3) is 0 Å². The highest BCUT2D eigenvalue weighted by Gasteiger charge is 2.51. The second kappa shape index (κ2) is 7.21. The second-order valence-electron chi connectivity index (χ2n) is 9.34. The number of aryl methyl sites for hydroxylation is 1. The predicted octanol–water partition coefficient (Wildman–Crippen LogP) is 5.64. The Kier molecular flexibility index (Phi) is 4.78. The first-order valence-electron chi connectivity index (χ1n) is 10.4. The van der Waals surface area contributed by atoms with Crippen LogP contribution in [0.4, 0.5) is 10.6 Å². The van der Waals surface area contributed by atoms with Crippen molar-refractivity contribution in [3.05, 3.63) is 45.6 Å². The maximum absolute atomic E-state index is 12.8. The maximum Gasteiger partial charge on any atom is 0.320 e. The molecule has 0 atom stereocenters. The third kappa shape index (κ3) is 3.87. The SMILES string of the molecule is Cc1cc(NC(=O)NC23CC4CC(CC(C4)C2)C3)nn1Cc1ccc(Cl)cc1Cl. The summed E-state index contributed by atoms with van der Waals surface area (Å²) >= 11 is 12.3. The van der Waals surface area contributed by atoms with Gasteiger partial charge in [0.25, 0.3) is 0 Å². The molecule has 4 saturated carbocycles. The summed E-state index contributed by atoms with van der Waals surface area (Å²) in [5.41, 5.74) is 1.89. The summed E-state index contributed by atoms with van der Waals surface area (Å²) in [7, 11) is 0. The molecule has 7 heteroatoms. The average molecular weight is 433 g/mol. The van der Waals surface area contributed by atoms with Crippen molar-refractivity contribution >= 4 is 35.1 Å². The molecule has 6 rings (SSSR count). The highest BCUT2D eigenvalue weighted by molar-refractivity contribution is 6.35. The van der Waals surface area contributed by atoms with Crippen molar-refractivity contribution in [2.24, 2.45) is 17.8 Å². The molecule has 0 radical (unpaired) electrons. The van der Waals surface area contributed by atoms with Gasteiger partial charge in [0.05, 0.1) is 6.54 Å². The number of benzene rings is 1. The van der Waals surface area contributed by atoms with Crippen LogP contribution < -0.4 is 10.6 Å². The number of nitrogens with one attached hydrogen (secondary N) is 2. The lowest BCUT2D eigenvalue weighted by Gasteiger charge is -2.56. The molecule has 4 aliphatic carbocycles. The Balaban J connectivity index is 1.25. The normalized spacial score (nSPS) is 29.8. The number of nitrogens with zero attached hydrogens (tertiary/aromatic N) is 2. The van der Waals surface area contributed by atoms with Crippen LogP contribution in [0.3, 0.4) is 0 Å². The molecule has 0 saturated heterocycles. The van der Waals surface area contributed by atoms with Crippen LogP contribution in [0.15, 0.2) is 24.3 Å². The Labute approximate surface area is 181 Å². The Hall–Kier alpha value is -1.72. The van der Waals surface area contributed by atoms with Gasteiger partial charge in [0.1, 0.15) is 0 Å². The molecule has 0 unspecified atom stereocenters. The minimum absolute atomic E-state index is 0.00667. The van der Waals surface area contributed by atoms with Gasteiger partial charge in [-0.1, -0.05) is 29.3 Å². The molecule has 0 spiro atoms. The zero-order chi connectivity index (χ0) is 20.2. The van der Waals surface area contributed by atoms with Gasteiger partial charge in [0.15, 0.2) is 5.82 Å². The number of hydrogen-bond acceptors (Lipinski definition) is 2. The van der Waals surface area contributed by atoms with Crippen molar-refractivity contribution in [3.63, 3.8) is 0 Å². The van der Waals surface area contributed by atoms with Gasteiger partial charge < -0.3 is 5.32 Å². The summed E-state index contributed by atoms with van der Waals surface area (Å²) in [6, 6.07) is 7.21. The molecule has 2 amide bonds. The van der Waals surface area contributed by atoms with Crippen molar-refractivity contribution in [3.8, 4) is 0 Å². The largest absolute Gasteiger partial charge is 0.332 e. The number of urea groups is 1. The van der Waals surface area contributed by atoms with E-state index in [1.54, 1.807) is 6.07 Å². The van der Waals surface area contributed by atoms with Gasteiger partial charge in [-0.3, -0.25) is 10.00 Å². The zero-order valence-electron chi connectivity index (χ0n) is 16.5. The van der Waals surface area contributed by atoms with E-state index in [0.29, 0.717) is 22.4 Å². The van der Waals surface area contributed by atoms with Crippen LogP contribution >= 0.6 is 23.2 Å². The molecule has 1 aromatic carbocycles. The molecule has 4 aliphatic rings. The van der Waals surface area contributed by atoms with Crippen molar-refractivity contribution in [2.45, 2.75) is 57.5 Å². The molecule has 154 valence electrons. The number of carbonyl (C=O) groups excluding carboxylic acids is 1. The number of aromatic nitrogens is 2. The van der Waals surface area contributed by atoms with E-state index in [-0.39, 0.29) is 11.6 Å². The molecule has 0 aliphatic heterocycles. The average Bonchev–Trinajstić information content (AvgIpc) is 2.94. The summed E-state index contributed by atoms with van der Waals surface area (Å²) < 4.78 is 1.84. The van der Waals surface area contributed by atoms with Gasteiger partial charge in [-0.15, -0.1) is 0 Å². The van der Waals surface area contributed by atoms with E-state index in [2.05, 4.69) is 15.7 Å². The summed E-state index contributed by atoms with van der Waals surface area (Å²) in [6.45, 7) is 2.50. The fourth-order valence-corrected chi connectivity index (χ4v) is 6.66. The first kappa shape index (κ1) is 19.3. The fourth-order valence-electron chi connectivity index (χ4n) is 6.19. The van der Waals surface area contributed by atoms with Crippen LogP contribution in [0.2, 0.25) is 10.0 Å². The van der Waals surface area contributed by atoms with Crippen LogP contribution in [0.5, 0.6) is 0 Å². The van der Waals surface area contributed by atoms with Gasteiger partial charge in [-0.05, 0) is 80.9 Å². The topological polar surface area (TPSA) is 59.0 Å². The smallest absolute Gasteiger partial charge is 0.320 e. The van der Waals surface area contributed by atoms with Gasteiger partial charge >= 0.3 is 6.03 Å². The number of rotatable bonds is 4. The van der Waals surface area contributed by atoms with Crippen molar-refractivity contribution < 1.29 is 4.79 Å². The van der Waals surface area contributed by atoms with Gasteiger partial charge in [-0.25, -0.2) is 4.79 Å². The zero-order valence-corrected chi connectivity index (χ0v) is 18.1. The number of hydrogen-bond donors (Lipinski definition) is 2. The lowest BCUT2D eigenvalue weighted by molar-refractivity contribution is -0.0127. The lowest BCUT2D eigenvalue weighted by atomic mass is 9.53. The molecular weight excluding hydrogens is 407 g/mol. The lowest BCUT2D eigenvalue weighted by Crippen LogP contribution is -2.60. The third-order valence-electron chi connectivity index (χ3n) is 6.97. The summed E-state index contributed by atoms with van der Waals surface area (Å²) in [4.78, 5) is 12.8. The number of amides is 2. The van der Waals surface area contributed by atoms with E-state index in [4.69, 9.17) is 23.2 Å². The molecule has 1 aromatic heterocycles. The standard InChI is InChI=1S/C22H26Cl2N4O/c1-13-4-20(27-28(13)12-17-2-3-18(23)8-19(17)24)25-21(29)26-22-9-14-5-15(10-22)7-16(6-14)11-22/h2-4,8,14-16H,5-7,9-12H2,1H3,(H2,25,26,27,29). The molecule has 5 nitrogen and oxygen atoms in total. The second-order valence-corrected chi connectivity index (χ2v) is 10.2. The van der Waals surface area contributed by atoms with Crippen LogP contribution in [-0.4, -0.2) is 21.4 Å². The summed E-state index contributed by atoms with van der Waals surface area (Å²) in [6.07, 6.45) is 7.48. The summed E-state index contributed by atoms with van der Waals surface area (Å²) in [5, 5.41) is 12.1.